The molecule has 170 valence electrons. The number of benzene rings is 1. The molecule has 3 rings (SSSR count). The number of nitrogens with zero attached hydrogens (tertiary/aromatic N) is 2. The molecule has 0 unspecified atom stereocenters. The lowest BCUT2D eigenvalue weighted by Crippen LogP contribution is -2.04. The van der Waals surface area contributed by atoms with Crippen molar-refractivity contribution in [3.05, 3.63) is 59.3 Å². The summed E-state index contributed by atoms with van der Waals surface area (Å²) in [6.45, 7) is 7.55. The summed E-state index contributed by atoms with van der Waals surface area (Å²) in [6, 6.07) is 8.97. The molecular formula is C22H28Cl2FN3O2S. The lowest BCUT2D eigenvalue weighted by Gasteiger charge is -2.08. The Kier molecular flexibility index (Phi) is 9.26. The lowest BCUT2D eigenvalue weighted by molar-refractivity contribution is 0.555. The van der Waals surface area contributed by atoms with Crippen LogP contribution >= 0.6 is 24.8 Å². The van der Waals surface area contributed by atoms with Crippen LogP contribution in [0.5, 0.6) is 0 Å². The third-order valence-electron chi connectivity index (χ3n) is 5.05. The van der Waals surface area contributed by atoms with Gasteiger partial charge in [-0.1, -0.05) is 6.92 Å². The molecule has 5 nitrogen and oxygen atoms in total. The maximum atomic E-state index is 14.3. The minimum Gasteiger partial charge on any atom is -0.337 e. The van der Waals surface area contributed by atoms with E-state index < -0.39 is 9.84 Å². The van der Waals surface area contributed by atoms with Crippen LogP contribution in [0.2, 0.25) is 0 Å². The summed E-state index contributed by atoms with van der Waals surface area (Å²) in [5.74, 6) is -0.305. The molecule has 0 spiro atoms. The number of rotatable bonds is 6. The minimum absolute atomic E-state index is 0. The fraction of sp³-hybridized carbons (Fsp3) is 0.318. The first-order chi connectivity index (χ1) is 13.7. The Labute approximate surface area is 195 Å². The molecule has 2 heterocycles. The molecule has 0 aliphatic rings. The van der Waals surface area contributed by atoms with Gasteiger partial charge in [0.05, 0.1) is 17.2 Å². The van der Waals surface area contributed by atoms with Crippen LogP contribution in [0.25, 0.3) is 22.0 Å². The smallest absolute Gasteiger partial charge is 0.178 e. The van der Waals surface area contributed by atoms with Crippen LogP contribution < -0.4 is 5.73 Å². The number of nitrogens with two attached hydrogens (primary N) is 1. The summed E-state index contributed by atoms with van der Waals surface area (Å²) >= 11 is 0. The zero-order valence-electron chi connectivity index (χ0n) is 18.0. The van der Waals surface area contributed by atoms with Gasteiger partial charge in [0.15, 0.2) is 9.84 Å². The predicted octanol–water partition coefficient (Wildman–Crippen LogP) is 5.08. The summed E-state index contributed by atoms with van der Waals surface area (Å²) in [7, 11) is -3.36. The number of hydrogen-bond donors (Lipinski definition) is 1. The number of halogens is 3. The minimum atomic E-state index is -3.36. The third kappa shape index (κ3) is 5.47. The van der Waals surface area contributed by atoms with Crippen molar-refractivity contribution in [3.8, 4) is 11.1 Å². The van der Waals surface area contributed by atoms with Crippen molar-refractivity contribution in [2.75, 3.05) is 12.3 Å². The van der Waals surface area contributed by atoms with Crippen LogP contribution in [0.3, 0.4) is 0 Å². The standard InChI is InChI=1S/C22H26FN3O2S.2ClH/c1-5-29(27,28)19-6-7-21-20(12-19)22(17-10-14(2)25-15(3)11-17)16(4)26(21)13-18(23)8-9-24;;/h6-8,10-12H,5,9,13,24H2,1-4H3;2*1H/b18-8-;;. The predicted molar refractivity (Wildman–Crippen MR) is 130 cm³/mol. The van der Waals surface area contributed by atoms with Gasteiger partial charge in [-0.2, -0.15) is 0 Å². The summed E-state index contributed by atoms with van der Waals surface area (Å²) in [5, 5.41) is 0.780. The van der Waals surface area contributed by atoms with Crippen LogP contribution in [0, 0.1) is 20.8 Å². The maximum Gasteiger partial charge on any atom is 0.178 e. The van der Waals surface area contributed by atoms with Gasteiger partial charge in [0.1, 0.15) is 5.83 Å². The quantitative estimate of drug-likeness (QED) is 0.525. The average Bonchev–Trinajstić information content (AvgIpc) is 2.92. The first-order valence-corrected chi connectivity index (χ1v) is 11.2. The second-order valence-electron chi connectivity index (χ2n) is 7.15. The second-order valence-corrected chi connectivity index (χ2v) is 9.43. The van der Waals surface area contributed by atoms with Crippen molar-refractivity contribution in [1.29, 1.82) is 0 Å². The molecule has 0 fully saturated rings. The van der Waals surface area contributed by atoms with Crippen LogP contribution in [-0.2, 0) is 16.4 Å². The SMILES string of the molecule is CCS(=O)(=O)c1ccc2c(c1)c(-c1cc(C)nc(C)c1)c(C)n2C/C(F)=C/CN.Cl.Cl. The van der Waals surface area contributed by atoms with E-state index in [1.54, 1.807) is 25.1 Å². The number of hydrogen-bond acceptors (Lipinski definition) is 4. The van der Waals surface area contributed by atoms with Crippen molar-refractivity contribution < 1.29 is 12.8 Å². The Morgan fingerprint density at radius 3 is 2.29 bits per heavy atom. The highest BCUT2D eigenvalue weighted by molar-refractivity contribution is 7.91. The Balaban J connectivity index is 0.00000240. The van der Waals surface area contributed by atoms with Gasteiger partial charge in [-0.15, -0.1) is 24.8 Å². The molecule has 3 aromatic rings. The number of fused-ring (bicyclic) bond motifs is 1. The van der Waals surface area contributed by atoms with E-state index in [1.807, 2.05) is 37.5 Å². The highest BCUT2D eigenvalue weighted by Crippen LogP contribution is 2.37. The molecule has 31 heavy (non-hydrogen) atoms. The lowest BCUT2D eigenvalue weighted by atomic mass is 10.0. The van der Waals surface area contributed by atoms with Crippen LogP contribution in [0.1, 0.15) is 24.0 Å². The normalized spacial score (nSPS) is 11.9. The van der Waals surface area contributed by atoms with Gasteiger partial charge in [-0.3, -0.25) is 4.98 Å². The zero-order valence-corrected chi connectivity index (χ0v) is 20.4. The zero-order chi connectivity index (χ0) is 21.3. The molecule has 0 aliphatic heterocycles. The Bertz CT molecular complexity index is 1200. The Hall–Kier alpha value is -1.93. The summed E-state index contributed by atoms with van der Waals surface area (Å²) in [4.78, 5) is 4.70. The average molecular weight is 488 g/mol. The molecule has 0 radical (unpaired) electrons. The largest absolute Gasteiger partial charge is 0.337 e. The van der Waals surface area contributed by atoms with Gasteiger partial charge in [-0.05, 0) is 62.7 Å². The van der Waals surface area contributed by atoms with Gasteiger partial charge >= 0.3 is 0 Å². The molecule has 2 aromatic heterocycles. The molecule has 2 N–H and O–H groups in total. The first-order valence-electron chi connectivity index (χ1n) is 9.53. The van der Waals surface area contributed by atoms with Crippen molar-refractivity contribution >= 4 is 45.6 Å². The monoisotopic (exact) mass is 487 g/mol. The fourth-order valence-corrected chi connectivity index (χ4v) is 4.62. The number of allylic oxidation sites excluding steroid dienone is 1. The summed E-state index contributed by atoms with van der Waals surface area (Å²) in [5.41, 5.74) is 10.6. The van der Waals surface area contributed by atoms with Gasteiger partial charge in [0, 0.05) is 40.1 Å². The van der Waals surface area contributed by atoms with E-state index in [0.29, 0.717) is 0 Å². The number of sulfone groups is 1. The number of aryl methyl sites for hydroxylation is 2. The number of pyridine rings is 1. The molecule has 0 bridgehead atoms. The Morgan fingerprint density at radius 1 is 1.13 bits per heavy atom. The molecular weight excluding hydrogens is 460 g/mol. The molecule has 9 heteroatoms. The van der Waals surface area contributed by atoms with Crippen LogP contribution in [0.4, 0.5) is 4.39 Å². The highest BCUT2D eigenvalue weighted by atomic mass is 35.5. The van der Waals surface area contributed by atoms with E-state index in [-0.39, 0.29) is 54.4 Å². The van der Waals surface area contributed by atoms with Crippen molar-refractivity contribution in [2.24, 2.45) is 5.73 Å². The van der Waals surface area contributed by atoms with Crippen molar-refractivity contribution in [1.82, 2.24) is 9.55 Å². The van der Waals surface area contributed by atoms with E-state index in [9.17, 15) is 12.8 Å². The summed E-state index contributed by atoms with van der Waals surface area (Å²) < 4.78 is 41.1. The molecule has 0 saturated carbocycles. The van der Waals surface area contributed by atoms with Gasteiger partial charge in [0.2, 0.25) is 0 Å². The second kappa shape index (κ2) is 10.6. The number of aromatic nitrogens is 2. The van der Waals surface area contributed by atoms with Crippen LogP contribution in [-0.4, -0.2) is 30.3 Å². The van der Waals surface area contributed by atoms with E-state index in [0.717, 1.165) is 39.1 Å². The Morgan fingerprint density at radius 2 is 1.74 bits per heavy atom. The van der Waals surface area contributed by atoms with E-state index in [2.05, 4.69) is 4.98 Å². The molecule has 0 atom stereocenters. The molecule has 0 saturated heterocycles. The van der Waals surface area contributed by atoms with Crippen LogP contribution in [0.15, 0.2) is 47.1 Å². The van der Waals surface area contributed by atoms with Gasteiger partial charge in [0.25, 0.3) is 0 Å². The van der Waals surface area contributed by atoms with E-state index >= 15 is 0 Å². The third-order valence-corrected chi connectivity index (χ3v) is 6.78. The van der Waals surface area contributed by atoms with Gasteiger partial charge in [-0.25, -0.2) is 12.8 Å². The fourth-order valence-electron chi connectivity index (χ4n) is 3.71. The highest BCUT2D eigenvalue weighted by Gasteiger charge is 2.20. The molecule has 0 amide bonds. The van der Waals surface area contributed by atoms with E-state index in [1.165, 1.54) is 6.08 Å². The summed E-state index contributed by atoms with van der Waals surface area (Å²) in [6.07, 6.45) is 1.35. The van der Waals surface area contributed by atoms with Gasteiger partial charge < -0.3 is 10.3 Å². The van der Waals surface area contributed by atoms with E-state index in [4.69, 9.17) is 5.73 Å². The molecule has 0 aliphatic carbocycles. The topological polar surface area (TPSA) is 78.0 Å². The van der Waals surface area contributed by atoms with Crippen molar-refractivity contribution in [3.63, 3.8) is 0 Å². The molecule has 1 aromatic carbocycles. The first kappa shape index (κ1) is 27.1. The van der Waals surface area contributed by atoms with Crippen molar-refractivity contribution in [2.45, 2.75) is 39.1 Å². The maximum absolute atomic E-state index is 14.3.